The molecule has 2 aromatic heterocycles. The molecule has 156 valence electrons. The second kappa shape index (κ2) is 8.55. The van der Waals surface area contributed by atoms with E-state index >= 15 is 0 Å². The second-order valence-corrected chi connectivity index (χ2v) is 5.94. The van der Waals surface area contributed by atoms with Crippen molar-refractivity contribution in [2.45, 2.75) is 13.0 Å². The summed E-state index contributed by atoms with van der Waals surface area (Å²) in [5.74, 6) is -4.78. The molecule has 3 aromatic rings. The molecule has 13 heteroatoms. The highest BCUT2D eigenvalue weighted by Gasteiger charge is 2.19. The Morgan fingerprint density at radius 3 is 2.43 bits per heavy atom. The fourth-order valence-corrected chi connectivity index (χ4v) is 2.36. The number of amides is 2. The maximum absolute atomic E-state index is 14.3. The van der Waals surface area contributed by atoms with Crippen LogP contribution in [0.2, 0.25) is 0 Å². The van der Waals surface area contributed by atoms with Crippen molar-refractivity contribution >= 4 is 17.6 Å². The van der Waals surface area contributed by atoms with E-state index in [4.69, 9.17) is 5.73 Å². The Labute approximate surface area is 165 Å². The van der Waals surface area contributed by atoms with Gasteiger partial charge in [-0.05, 0) is 24.3 Å². The van der Waals surface area contributed by atoms with Crippen LogP contribution < -0.4 is 16.6 Å². The quantitative estimate of drug-likeness (QED) is 0.419. The summed E-state index contributed by atoms with van der Waals surface area (Å²) in [6.07, 6.45) is -0.463. The van der Waals surface area contributed by atoms with Crippen LogP contribution >= 0.6 is 0 Å². The Balaban J connectivity index is 1.74. The predicted molar refractivity (Wildman–Crippen MR) is 94.7 cm³/mol. The lowest BCUT2D eigenvalue weighted by molar-refractivity contribution is -0.132. The highest BCUT2D eigenvalue weighted by molar-refractivity contribution is 5.95. The standard InChI is InChI=1S/C17H13F4N7O2/c18-11-3-9(16(29)25-26-17(30)15(20)21)4-12(19)10(11)6-28-7-13(24-27-28)8-1-2-14(22)23-5-8/h1-5,7,15H,6H2,(H2,22,23)(H,25,29)(H,26,30). The first kappa shape index (κ1) is 20.7. The van der Waals surface area contributed by atoms with Gasteiger partial charge in [0.15, 0.2) is 0 Å². The number of hydrogen-bond acceptors (Lipinski definition) is 6. The average Bonchev–Trinajstić information content (AvgIpc) is 3.17. The molecule has 1 aromatic carbocycles. The number of nitrogens with one attached hydrogen (secondary N) is 2. The van der Waals surface area contributed by atoms with Gasteiger partial charge in [0.1, 0.15) is 23.1 Å². The molecule has 2 heterocycles. The molecule has 30 heavy (non-hydrogen) atoms. The predicted octanol–water partition coefficient (Wildman–Crippen LogP) is 1.27. The van der Waals surface area contributed by atoms with Crippen LogP contribution in [-0.4, -0.2) is 38.2 Å². The van der Waals surface area contributed by atoms with Gasteiger partial charge in [-0.3, -0.25) is 20.4 Å². The molecule has 0 aliphatic heterocycles. The fourth-order valence-electron chi connectivity index (χ4n) is 2.36. The van der Waals surface area contributed by atoms with E-state index in [1.165, 1.54) is 22.5 Å². The number of halogens is 4. The smallest absolute Gasteiger partial charge is 0.317 e. The molecule has 0 saturated heterocycles. The lowest BCUT2D eigenvalue weighted by Gasteiger charge is -2.09. The van der Waals surface area contributed by atoms with Crippen LogP contribution in [0.4, 0.5) is 23.4 Å². The highest BCUT2D eigenvalue weighted by atomic mass is 19.3. The van der Waals surface area contributed by atoms with Crippen molar-refractivity contribution in [2.75, 3.05) is 5.73 Å². The summed E-state index contributed by atoms with van der Waals surface area (Å²) < 4.78 is 54.1. The summed E-state index contributed by atoms with van der Waals surface area (Å²) in [4.78, 5) is 26.4. The van der Waals surface area contributed by atoms with Crippen LogP contribution in [0.3, 0.4) is 0 Å². The number of nitrogen functional groups attached to an aromatic ring is 1. The summed E-state index contributed by atoms with van der Waals surface area (Å²) in [6, 6.07) is 4.60. The van der Waals surface area contributed by atoms with E-state index in [1.807, 2.05) is 0 Å². The maximum atomic E-state index is 14.3. The maximum Gasteiger partial charge on any atom is 0.317 e. The Bertz CT molecular complexity index is 1060. The summed E-state index contributed by atoms with van der Waals surface area (Å²) in [5.41, 5.74) is 8.63. The third-order valence-corrected chi connectivity index (χ3v) is 3.84. The van der Waals surface area contributed by atoms with Gasteiger partial charge in [0.2, 0.25) is 0 Å². The van der Waals surface area contributed by atoms with Gasteiger partial charge in [-0.25, -0.2) is 18.4 Å². The number of alkyl halides is 2. The molecule has 0 atom stereocenters. The number of aromatic nitrogens is 4. The van der Waals surface area contributed by atoms with Crippen molar-refractivity contribution in [1.82, 2.24) is 30.8 Å². The van der Waals surface area contributed by atoms with E-state index in [0.29, 0.717) is 29.2 Å². The number of carbonyl (C=O) groups excluding carboxylic acids is 2. The van der Waals surface area contributed by atoms with Crippen molar-refractivity contribution in [2.24, 2.45) is 0 Å². The number of pyridine rings is 1. The number of rotatable bonds is 5. The van der Waals surface area contributed by atoms with Crippen LogP contribution in [0, 0.1) is 11.6 Å². The van der Waals surface area contributed by atoms with E-state index in [1.54, 1.807) is 17.6 Å². The second-order valence-electron chi connectivity index (χ2n) is 5.94. The van der Waals surface area contributed by atoms with Crippen LogP contribution in [-0.2, 0) is 11.3 Å². The van der Waals surface area contributed by atoms with Gasteiger partial charge in [-0.2, -0.15) is 8.78 Å². The first-order chi connectivity index (χ1) is 14.2. The topological polar surface area (TPSA) is 128 Å². The van der Waals surface area contributed by atoms with Crippen molar-refractivity contribution < 1.29 is 27.2 Å². The van der Waals surface area contributed by atoms with Crippen molar-refractivity contribution in [1.29, 1.82) is 0 Å². The molecule has 0 saturated carbocycles. The van der Waals surface area contributed by atoms with E-state index < -0.39 is 41.0 Å². The molecule has 2 amide bonds. The first-order valence-corrected chi connectivity index (χ1v) is 8.23. The molecular weight excluding hydrogens is 410 g/mol. The van der Waals surface area contributed by atoms with Gasteiger partial charge >= 0.3 is 12.3 Å². The molecule has 0 aliphatic carbocycles. The normalized spacial score (nSPS) is 10.8. The molecule has 4 N–H and O–H groups in total. The summed E-state index contributed by atoms with van der Waals surface area (Å²) in [7, 11) is 0. The monoisotopic (exact) mass is 423 g/mol. The van der Waals surface area contributed by atoms with Gasteiger partial charge in [0.25, 0.3) is 5.91 Å². The Morgan fingerprint density at radius 2 is 1.83 bits per heavy atom. The molecule has 0 unspecified atom stereocenters. The zero-order chi connectivity index (χ0) is 21.8. The van der Waals surface area contributed by atoms with E-state index in [-0.39, 0.29) is 6.54 Å². The summed E-state index contributed by atoms with van der Waals surface area (Å²) in [6.45, 7) is -0.336. The molecule has 0 radical (unpaired) electrons. The number of carbonyl (C=O) groups is 2. The minimum absolute atomic E-state index is 0.313. The fraction of sp³-hybridized carbons (Fsp3) is 0.118. The minimum atomic E-state index is -3.36. The lowest BCUT2D eigenvalue weighted by atomic mass is 10.1. The first-order valence-electron chi connectivity index (χ1n) is 8.23. The third-order valence-electron chi connectivity index (χ3n) is 3.84. The van der Waals surface area contributed by atoms with E-state index in [9.17, 15) is 27.2 Å². The number of anilines is 1. The molecule has 3 rings (SSSR count). The SMILES string of the molecule is Nc1ccc(-c2cn(Cc3c(F)cc(C(=O)NNC(=O)C(F)F)cc3F)nn2)cn1. The Morgan fingerprint density at radius 1 is 1.13 bits per heavy atom. The summed E-state index contributed by atoms with van der Waals surface area (Å²) >= 11 is 0. The molecule has 9 nitrogen and oxygen atoms in total. The van der Waals surface area contributed by atoms with Crippen LogP contribution in [0.1, 0.15) is 15.9 Å². The zero-order valence-electron chi connectivity index (χ0n) is 14.9. The van der Waals surface area contributed by atoms with Crippen molar-refractivity contribution in [3.05, 3.63) is 59.4 Å². The van der Waals surface area contributed by atoms with Crippen LogP contribution in [0.15, 0.2) is 36.7 Å². The largest absolute Gasteiger partial charge is 0.384 e. The van der Waals surface area contributed by atoms with Gasteiger partial charge in [-0.1, -0.05) is 5.21 Å². The molecule has 0 aliphatic rings. The van der Waals surface area contributed by atoms with Gasteiger partial charge < -0.3 is 5.73 Å². The molecule has 0 fully saturated rings. The Hall–Kier alpha value is -4.03. The van der Waals surface area contributed by atoms with Crippen molar-refractivity contribution in [3.8, 4) is 11.3 Å². The number of nitrogens with two attached hydrogens (primary N) is 1. The van der Waals surface area contributed by atoms with Gasteiger partial charge in [0, 0.05) is 22.9 Å². The number of nitrogens with zero attached hydrogens (tertiary/aromatic N) is 4. The number of hydrogen-bond donors (Lipinski definition) is 3. The minimum Gasteiger partial charge on any atom is -0.384 e. The highest BCUT2D eigenvalue weighted by Crippen LogP contribution is 2.19. The van der Waals surface area contributed by atoms with E-state index in [2.05, 4.69) is 15.3 Å². The lowest BCUT2D eigenvalue weighted by Crippen LogP contribution is -2.44. The van der Waals surface area contributed by atoms with Crippen molar-refractivity contribution in [3.63, 3.8) is 0 Å². The zero-order valence-corrected chi connectivity index (χ0v) is 14.9. The average molecular weight is 423 g/mol. The third kappa shape index (κ3) is 4.68. The summed E-state index contributed by atoms with van der Waals surface area (Å²) in [5, 5.41) is 7.69. The van der Waals surface area contributed by atoms with Gasteiger partial charge in [0.05, 0.1) is 12.7 Å². The van der Waals surface area contributed by atoms with Crippen LogP contribution in [0.25, 0.3) is 11.3 Å². The number of benzene rings is 1. The molecular formula is C17H13F4N7O2. The van der Waals surface area contributed by atoms with E-state index in [0.717, 1.165) is 0 Å². The number of hydrazine groups is 1. The Kier molecular flexibility index (Phi) is 5.90. The molecule has 0 spiro atoms. The van der Waals surface area contributed by atoms with Gasteiger partial charge in [-0.15, -0.1) is 5.10 Å². The molecule has 0 bridgehead atoms. The van der Waals surface area contributed by atoms with Crippen LogP contribution in [0.5, 0.6) is 0 Å².